The van der Waals surface area contributed by atoms with Gasteiger partial charge in [-0.2, -0.15) is 13.2 Å². The standard InChI is InChI=1S/C30H23F3N6O3/c31-30(32,33)24-12-21(25-6-5-20(16-36-25)29(41)39-15-19-2-1-9-35-13-19)10-22-11-23(42-28(22)24)17-38-27(40)8-4-18-3-7-26(34)37-14-18/h1-14,16H,15,17H2,(H2,34,37)(H,38,40)(H,39,41). The molecule has 42 heavy (non-hydrogen) atoms. The van der Waals surface area contributed by atoms with Crippen LogP contribution in [0.1, 0.15) is 32.8 Å². The van der Waals surface area contributed by atoms with Gasteiger partial charge in [-0.3, -0.25) is 19.6 Å². The largest absolute Gasteiger partial charge is 0.459 e. The number of rotatable bonds is 8. The first-order valence-electron chi connectivity index (χ1n) is 12.6. The van der Waals surface area contributed by atoms with Crippen LogP contribution in [0.3, 0.4) is 0 Å². The van der Waals surface area contributed by atoms with Crippen LogP contribution >= 0.6 is 0 Å². The molecule has 0 atom stereocenters. The molecule has 5 rings (SSSR count). The quantitative estimate of drug-likeness (QED) is 0.219. The van der Waals surface area contributed by atoms with Gasteiger partial charge in [0, 0.05) is 48.4 Å². The lowest BCUT2D eigenvalue weighted by Gasteiger charge is -2.10. The maximum absolute atomic E-state index is 14.0. The van der Waals surface area contributed by atoms with Crippen molar-refractivity contribution in [1.29, 1.82) is 0 Å². The van der Waals surface area contributed by atoms with E-state index in [4.69, 9.17) is 10.2 Å². The molecule has 4 heterocycles. The van der Waals surface area contributed by atoms with E-state index in [1.54, 1.807) is 30.6 Å². The van der Waals surface area contributed by atoms with E-state index in [0.717, 1.165) is 11.6 Å². The number of halogens is 3. The lowest BCUT2D eigenvalue weighted by molar-refractivity contribution is -0.136. The summed E-state index contributed by atoms with van der Waals surface area (Å²) in [6.45, 7) is 0.130. The van der Waals surface area contributed by atoms with Crippen LogP contribution in [0.15, 0.2) is 89.9 Å². The van der Waals surface area contributed by atoms with E-state index in [9.17, 15) is 22.8 Å². The SMILES string of the molecule is Nc1ccc(C=CC(=O)NCc2cc3cc(-c4ccc(C(=O)NCc5cccnc5)cn4)cc(C(F)(F)F)c3o2)cn1. The number of nitrogens with zero attached hydrogens (tertiary/aromatic N) is 3. The number of alkyl halides is 3. The normalized spacial score (nSPS) is 11.6. The average Bonchev–Trinajstić information content (AvgIpc) is 3.41. The van der Waals surface area contributed by atoms with Crippen molar-refractivity contribution in [1.82, 2.24) is 25.6 Å². The molecule has 0 aliphatic rings. The number of anilines is 1. The number of nitrogen functional groups attached to an aromatic ring is 1. The Kier molecular flexibility index (Phi) is 7.96. The van der Waals surface area contributed by atoms with Crippen molar-refractivity contribution < 1.29 is 27.2 Å². The average molecular weight is 573 g/mol. The number of nitrogens with two attached hydrogens (primary N) is 1. The van der Waals surface area contributed by atoms with Crippen molar-refractivity contribution >= 4 is 34.7 Å². The fraction of sp³-hybridized carbons (Fsp3) is 0.100. The predicted molar refractivity (Wildman–Crippen MR) is 149 cm³/mol. The molecular weight excluding hydrogens is 549 g/mol. The maximum atomic E-state index is 14.0. The van der Waals surface area contributed by atoms with Crippen LogP contribution in [0.25, 0.3) is 28.3 Å². The van der Waals surface area contributed by atoms with E-state index < -0.39 is 17.6 Å². The molecule has 0 aliphatic carbocycles. The number of carbonyl (C=O) groups is 2. The molecule has 0 aliphatic heterocycles. The van der Waals surface area contributed by atoms with Gasteiger partial charge in [0.25, 0.3) is 5.91 Å². The van der Waals surface area contributed by atoms with Crippen molar-refractivity contribution in [3.8, 4) is 11.3 Å². The molecule has 4 N–H and O–H groups in total. The predicted octanol–water partition coefficient (Wildman–Crippen LogP) is 5.15. The highest BCUT2D eigenvalue weighted by molar-refractivity contribution is 5.94. The van der Waals surface area contributed by atoms with Gasteiger partial charge < -0.3 is 20.8 Å². The van der Waals surface area contributed by atoms with Gasteiger partial charge in [0.05, 0.1) is 23.4 Å². The summed E-state index contributed by atoms with van der Waals surface area (Å²) in [7, 11) is 0. The fourth-order valence-electron chi connectivity index (χ4n) is 4.06. The molecule has 0 unspecified atom stereocenters. The van der Waals surface area contributed by atoms with Crippen LogP contribution in [-0.2, 0) is 24.1 Å². The summed E-state index contributed by atoms with van der Waals surface area (Å²) in [5, 5.41) is 5.52. The number of nitrogens with one attached hydrogen (secondary N) is 2. The topological polar surface area (TPSA) is 136 Å². The van der Waals surface area contributed by atoms with Crippen molar-refractivity contribution in [2.24, 2.45) is 0 Å². The molecule has 0 radical (unpaired) electrons. The zero-order valence-corrected chi connectivity index (χ0v) is 21.9. The molecule has 0 bridgehead atoms. The van der Waals surface area contributed by atoms with Gasteiger partial charge in [0.15, 0.2) is 0 Å². The Hall–Kier alpha value is -5.52. The number of hydrogen-bond acceptors (Lipinski definition) is 7. The van der Waals surface area contributed by atoms with Gasteiger partial charge in [0.1, 0.15) is 17.2 Å². The van der Waals surface area contributed by atoms with Gasteiger partial charge in [0.2, 0.25) is 5.91 Å². The highest BCUT2D eigenvalue weighted by atomic mass is 19.4. The minimum Gasteiger partial charge on any atom is -0.459 e. The summed E-state index contributed by atoms with van der Waals surface area (Å²) in [6, 6.07) is 13.7. The van der Waals surface area contributed by atoms with E-state index in [0.29, 0.717) is 11.4 Å². The zero-order chi connectivity index (χ0) is 29.7. The van der Waals surface area contributed by atoms with Crippen LogP contribution in [-0.4, -0.2) is 26.8 Å². The number of fused-ring (bicyclic) bond motifs is 1. The minimum atomic E-state index is -4.71. The van der Waals surface area contributed by atoms with Crippen LogP contribution in [0.4, 0.5) is 19.0 Å². The Labute approximate surface area is 237 Å². The third-order valence-corrected chi connectivity index (χ3v) is 6.14. The first kappa shape index (κ1) is 28.0. The molecule has 212 valence electrons. The molecule has 0 spiro atoms. The van der Waals surface area contributed by atoms with Gasteiger partial charge in [-0.15, -0.1) is 0 Å². The number of benzene rings is 1. The van der Waals surface area contributed by atoms with Gasteiger partial charge in [-0.25, -0.2) is 4.98 Å². The summed E-state index contributed by atoms with van der Waals surface area (Å²) >= 11 is 0. The minimum absolute atomic E-state index is 0.133. The first-order valence-corrected chi connectivity index (χ1v) is 12.6. The molecule has 0 saturated heterocycles. The van der Waals surface area contributed by atoms with E-state index in [-0.39, 0.29) is 52.5 Å². The fourth-order valence-corrected chi connectivity index (χ4v) is 4.06. The van der Waals surface area contributed by atoms with Gasteiger partial charge in [-0.05, 0) is 65.7 Å². The van der Waals surface area contributed by atoms with Crippen molar-refractivity contribution in [3.63, 3.8) is 0 Å². The smallest absolute Gasteiger partial charge is 0.420 e. The number of hydrogen-bond donors (Lipinski definition) is 3. The Morgan fingerprint density at radius 2 is 1.81 bits per heavy atom. The third-order valence-electron chi connectivity index (χ3n) is 6.14. The number of furan rings is 1. The van der Waals surface area contributed by atoms with E-state index in [1.807, 2.05) is 6.07 Å². The van der Waals surface area contributed by atoms with E-state index in [1.165, 1.54) is 48.8 Å². The number of aromatic nitrogens is 3. The molecule has 9 nitrogen and oxygen atoms in total. The lowest BCUT2D eigenvalue weighted by atomic mass is 10.0. The van der Waals surface area contributed by atoms with E-state index in [2.05, 4.69) is 25.6 Å². The van der Waals surface area contributed by atoms with Crippen molar-refractivity contribution in [2.45, 2.75) is 19.3 Å². The van der Waals surface area contributed by atoms with Crippen molar-refractivity contribution in [3.05, 3.63) is 113 Å². The number of carbonyl (C=O) groups excluding carboxylic acids is 2. The Bertz CT molecular complexity index is 1750. The summed E-state index contributed by atoms with van der Waals surface area (Å²) in [6.07, 6.45) is 4.13. The van der Waals surface area contributed by atoms with Crippen LogP contribution < -0.4 is 16.4 Å². The summed E-state index contributed by atoms with van der Waals surface area (Å²) < 4.78 is 47.5. The number of pyridine rings is 3. The maximum Gasteiger partial charge on any atom is 0.420 e. The molecule has 0 fully saturated rings. The highest BCUT2D eigenvalue weighted by Crippen LogP contribution is 2.39. The summed E-state index contributed by atoms with van der Waals surface area (Å²) in [5.74, 6) is -0.378. The molecule has 1 aromatic carbocycles. The Balaban J connectivity index is 1.31. The Morgan fingerprint density at radius 3 is 2.50 bits per heavy atom. The molecule has 4 aromatic heterocycles. The molecular formula is C30H23F3N6O3. The van der Waals surface area contributed by atoms with Crippen LogP contribution in [0.2, 0.25) is 0 Å². The summed E-state index contributed by atoms with van der Waals surface area (Å²) in [4.78, 5) is 36.9. The second-order valence-corrected chi connectivity index (χ2v) is 9.20. The van der Waals surface area contributed by atoms with E-state index >= 15 is 0 Å². The molecule has 2 amide bonds. The summed E-state index contributed by atoms with van der Waals surface area (Å²) in [5.41, 5.74) is 6.34. The van der Waals surface area contributed by atoms with Crippen LogP contribution in [0, 0.1) is 0 Å². The first-order chi connectivity index (χ1) is 20.2. The Morgan fingerprint density at radius 1 is 0.952 bits per heavy atom. The second-order valence-electron chi connectivity index (χ2n) is 9.20. The number of amides is 2. The van der Waals surface area contributed by atoms with Gasteiger partial charge >= 0.3 is 6.18 Å². The van der Waals surface area contributed by atoms with Crippen LogP contribution in [0.5, 0.6) is 0 Å². The lowest BCUT2D eigenvalue weighted by Crippen LogP contribution is -2.22. The van der Waals surface area contributed by atoms with Crippen molar-refractivity contribution in [2.75, 3.05) is 5.73 Å². The monoisotopic (exact) mass is 572 g/mol. The van der Waals surface area contributed by atoms with Gasteiger partial charge in [-0.1, -0.05) is 6.07 Å². The zero-order valence-electron chi connectivity index (χ0n) is 21.9. The second kappa shape index (κ2) is 11.9. The molecule has 5 aromatic rings. The highest BCUT2D eigenvalue weighted by Gasteiger charge is 2.35. The molecule has 0 saturated carbocycles. The third kappa shape index (κ3) is 6.78. The molecule has 12 heteroatoms.